The van der Waals surface area contributed by atoms with E-state index in [1.807, 2.05) is 5.57 Å². The van der Waals surface area contributed by atoms with Crippen LogP contribution in [0.4, 0.5) is 0 Å². The predicted octanol–water partition coefficient (Wildman–Crippen LogP) is 5.81. The molecule has 0 aliphatic heterocycles. The molecule has 0 aromatic carbocycles. The number of nitrogens with zero attached hydrogens (tertiary/aromatic N) is 1. The summed E-state index contributed by atoms with van der Waals surface area (Å²) < 4.78 is 0. The number of rotatable bonds is 1. The van der Waals surface area contributed by atoms with Gasteiger partial charge in [0.1, 0.15) is 0 Å². The molecule has 0 aromatic heterocycles. The van der Waals surface area contributed by atoms with E-state index in [1.54, 1.807) is 0 Å². The highest BCUT2D eigenvalue weighted by atomic mass is 15.0. The van der Waals surface area contributed by atoms with Crippen molar-refractivity contribution in [2.75, 3.05) is 7.05 Å². The SMILES string of the molecule is C[N-]C12CC=C3CC(C)(C)CC4CC(C)C(CCC1C)C2C34. The second-order valence-electron chi connectivity index (χ2n) is 9.91. The third-order valence-corrected chi connectivity index (χ3v) is 8.16. The third kappa shape index (κ3) is 1.93. The molecule has 3 fully saturated rings. The normalized spacial score (nSPS) is 52.7. The van der Waals surface area contributed by atoms with Gasteiger partial charge in [-0.15, -0.1) is 5.54 Å². The first-order chi connectivity index (χ1) is 10.4. The number of allylic oxidation sites excluding steroid dienone is 1. The van der Waals surface area contributed by atoms with Gasteiger partial charge in [0.2, 0.25) is 0 Å². The zero-order valence-electron chi connectivity index (χ0n) is 15.2. The van der Waals surface area contributed by atoms with Crippen LogP contribution in [-0.2, 0) is 0 Å². The molecule has 4 rings (SSSR count). The molecule has 1 heteroatoms. The zero-order chi connectivity index (χ0) is 15.7. The van der Waals surface area contributed by atoms with E-state index in [-0.39, 0.29) is 5.54 Å². The smallest absolute Gasteiger partial charge is 0.0154 e. The summed E-state index contributed by atoms with van der Waals surface area (Å²) in [5, 5.41) is 5.12. The highest BCUT2D eigenvalue weighted by Crippen LogP contribution is 2.65. The molecular weight excluding hydrogens is 266 g/mol. The van der Waals surface area contributed by atoms with Crippen LogP contribution in [0.15, 0.2) is 11.6 Å². The van der Waals surface area contributed by atoms with E-state index in [1.165, 1.54) is 38.5 Å². The Bertz CT molecular complexity index is 490. The van der Waals surface area contributed by atoms with Crippen molar-refractivity contribution in [3.63, 3.8) is 0 Å². The molecule has 0 saturated heterocycles. The predicted molar refractivity (Wildman–Crippen MR) is 93.9 cm³/mol. The van der Waals surface area contributed by atoms with Crippen LogP contribution in [0.25, 0.3) is 5.32 Å². The third-order valence-electron chi connectivity index (χ3n) is 8.16. The average Bonchev–Trinajstić information content (AvgIpc) is 2.45. The summed E-state index contributed by atoms with van der Waals surface area (Å²) in [6.45, 7) is 10.0. The highest BCUT2D eigenvalue weighted by Gasteiger charge is 2.56. The molecule has 124 valence electrons. The Labute approximate surface area is 137 Å². The maximum atomic E-state index is 5.12. The maximum absolute atomic E-state index is 5.12. The zero-order valence-corrected chi connectivity index (χ0v) is 15.2. The first-order valence-electron chi connectivity index (χ1n) is 9.68. The molecule has 0 heterocycles. The molecule has 0 amide bonds. The summed E-state index contributed by atoms with van der Waals surface area (Å²) in [5.41, 5.74) is 2.62. The van der Waals surface area contributed by atoms with Gasteiger partial charge >= 0.3 is 0 Å². The average molecular weight is 301 g/mol. The van der Waals surface area contributed by atoms with E-state index in [9.17, 15) is 0 Å². The summed E-state index contributed by atoms with van der Waals surface area (Å²) in [5.74, 6) is 5.27. The number of hydrogen-bond acceptors (Lipinski definition) is 0. The molecule has 7 atom stereocenters. The van der Waals surface area contributed by atoms with Crippen LogP contribution in [0.2, 0.25) is 0 Å². The summed E-state index contributed by atoms with van der Waals surface area (Å²) in [6, 6.07) is 0. The van der Waals surface area contributed by atoms with Crippen LogP contribution in [0.1, 0.15) is 66.2 Å². The Balaban J connectivity index is 1.82. The minimum Gasteiger partial charge on any atom is -0.659 e. The van der Waals surface area contributed by atoms with Crippen molar-refractivity contribution in [1.29, 1.82) is 0 Å². The fourth-order valence-electron chi connectivity index (χ4n) is 7.38. The van der Waals surface area contributed by atoms with Gasteiger partial charge in [0.15, 0.2) is 0 Å². The van der Waals surface area contributed by atoms with E-state index < -0.39 is 0 Å². The van der Waals surface area contributed by atoms with E-state index in [0.717, 1.165) is 35.5 Å². The van der Waals surface area contributed by atoms with E-state index in [4.69, 9.17) is 5.32 Å². The summed E-state index contributed by atoms with van der Waals surface area (Å²) in [6.07, 6.45) is 11.0. The van der Waals surface area contributed by atoms with Gasteiger partial charge in [-0.3, -0.25) is 0 Å². The molecule has 0 radical (unpaired) electrons. The van der Waals surface area contributed by atoms with E-state index in [0.29, 0.717) is 5.41 Å². The molecule has 7 unspecified atom stereocenters. The van der Waals surface area contributed by atoms with Crippen molar-refractivity contribution in [2.24, 2.45) is 40.9 Å². The first kappa shape index (κ1) is 15.2. The van der Waals surface area contributed by atoms with Crippen LogP contribution in [-0.4, -0.2) is 12.6 Å². The largest absolute Gasteiger partial charge is 0.659 e. The number of hydrogen-bond donors (Lipinski definition) is 0. The molecule has 0 bridgehead atoms. The van der Waals surface area contributed by atoms with Crippen molar-refractivity contribution >= 4 is 0 Å². The quantitative estimate of drug-likeness (QED) is 0.542. The van der Waals surface area contributed by atoms with E-state index >= 15 is 0 Å². The lowest BCUT2D eigenvalue weighted by Gasteiger charge is -2.70. The monoisotopic (exact) mass is 300 g/mol. The molecule has 4 aliphatic carbocycles. The van der Waals surface area contributed by atoms with Crippen LogP contribution >= 0.6 is 0 Å². The van der Waals surface area contributed by atoms with Crippen molar-refractivity contribution in [3.8, 4) is 0 Å². The molecular formula is C21H34N-. The lowest BCUT2D eigenvalue weighted by Crippen LogP contribution is -2.60. The van der Waals surface area contributed by atoms with Gasteiger partial charge in [-0.25, -0.2) is 0 Å². The highest BCUT2D eigenvalue weighted by molar-refractivity contribution is 5.32. The molecule has 0 spiro atoms. The van der Waals surface area contributed by atoms with Crippen molar-refractivity contribution in [3.05, 3.63) is 17.0 Å². The standard InChI is InChI=1S/C21H34N/c1-13-10-16-12-20(3,4)11-15-8-9-21(22-5)14(2)6-7-17(13)19(21)18(15)16/h8,13-14,16-19H,6-7,9-12H2,1-5H3/q-1. The van der Waals surface area contributed by atoms with Gasteiger partial charge in [0, 0.05) is 0 Å². The topological polar surface area (TPSA) is 14.1 Å². The fourth-order valence-corrected chi connectivity index (χ4v) is 7.38. The van der Waals surface area contributed by atoms with Crippen molar-refractivity contribution in [2.45, 2.75) is 71.8 Å². The van der Waals surface area contributed by atoms with Crippen LogP contribution in [0.5, 0.6) is 0 Å². The summed E-state index contributed by atoms with van der Waals surface area (Å²) in [4.78, 5) is 0. The Hall–Kier alpha value is -0.300. The Morgan fingerprint density at radius 2 is 1.95 bits per heavy atom. The minimum atomic E-state index is 0.269. The van der Waals surface area contributed by atoms with Gasteiger partial charge in [0.25, 0.3) is 0 Å². The van der Waals surface area contributed by atoms with Crippen LogP contribution < -0.4 is 0 Å². The van der Waals surface area contributed by atoms with Gasteiger partial charge < -0.3 is 5.32 Å². The lowest BCUT2D eigenvalue weighted by molar-refractivity contribution is -0.0646. The van der Waals surface area contributed by atoms with Crippen molar-refractivity contribution in [1.82, 2.24) is 0 Å². The van der Waals surface area contributed by atoms with Gasteiger partial charge in [-0.05, 0) is 67.1 Å². The summed E-state index contributed by atoms with van der Waals surface area (Å²) >= 11 is 0. The summed E-state index contributed by atoms with van der Waals surface area (Å²) in [7, 11) is 2.12. The van der Waals surface area contributed by atoms with Crippen molar-refractivity contribution < 1.29 is 0 Å². The Morgan fingerprint density at radius 3 is 2.68 bits per heavy atom. The minimum absolute atomic E-state index is 0.269. The van der Waals surface area contributed by atoms with Crippen LogP contribution in [0, 0.1) is 40.9 Å². The second-order valence-corrected chi connectivity index (χ2v) is 9.91. The maximum Gasteiger partial charge on any atom is -0.0154 e. The fraction of sp³-hybridized carbons (Fsp3) is 0.905. The molecule has 22 heavy (non-hydrogen) atoms. The molecule has 4 aliphatic rings. The Kier molecular flexibility index (Phi) is 3.36. The lowest BCUT2D eigenvalue weighted by atomic mass is 9.43. The molecule has 0 aromatic rings. The molecule has 0 N–H and O–H groups in total. The molecule has 1 nitrogen and oxygen atoms in total. The molecule has 3 saturated carbocycles. The van der Waals surface area contributed by atoms with Gasteiger partial charge in [-0.1, -0.05) is 51.7 Å². The Morgan fingerprint density at radius 1 is 1.18 bits per heavy atom. The first-order valence-corrected chi connectivity index (χ1v) is 9.68. The van der Waals surface area contributed by atoms with E-state index in [2.05, 4.69) is 40.8 Å². The van der Waals surface area contributed by atoms with Crippen LogP contribution in [0.3, 0.4) is 0 Å². The second kappa shape index (κ2) is 4.85. The van der Waals surface area contributed by atoms with Gasteiger partial charge in [0.05, 0.1) is 0 Å². The van der Waals surface area contributed by atoms with Gasteiger partial charge in [-0.2, -0.15) is 7.05 Å².